The van der Waals surface area contributed by atoms with Crippen LogP contribution >= 0.6 is 9.39 Å². The second-order valence-corrected chi connectivity index (χ2v) is 3.96. The van der Waals surface area contributed by atoms with Gasteiger partial charge < -0.3 is 10.1 Å². The molecular formula is C6H11N2O2P. The lowest BCUT2D eigenvalue weighted by Gasteiger charge is -2.45. The summed E-state index contributed by atoms with van der Waals surface area (Å²) < 4.78 is 7.21. The van der Waals surface area contributed by atoms with E-state index in [1.807, 2.05) is 6.92 Å². The molecule has 0 bridgehead atoms. The first kappa shape index (κ1) is 7.32. The van der Waals surface area contributed by atoms with E-state index >= 15 is 0 Å². The lowest BCUT2D eigenvalue weighted by Crippen LogP contribution is -2.63. The highest BCUT2D eigenvalue weighted by Gasteiger charge is 2.54. The molecule has 1 N–H and O–H groups in total. The van der Waals surface area contributed by atoms with E-state index in [1.54, 1.807) is 0 Å². The quantitative estimate of drug-likeness (QED) is 0.524. The van der Waals surface area contributed by atoms with Gasteiger partial charge >= 0.3 is 6.09 Å². The molecule has 62 valence electrons. The Bertz CT molecular complexity index is 203. The predicted octanol–water partition coefficient (Wildman–Crippen LogP) is -0.0408. The van der Waals surface area contributed by atoms with Crippen LogP contribution in [-0.4, -0.2) is 35.5 Å². The summed E-state index contributed by atoms with van der Waals surface area (Å²) in [7, 11) is 2.59. The Morgan fingerprint density at radius 1 is 1.82 bits per heavy atom. The van der Waals surface area contributed by atoms with Crippen LogP contribution in [0.2, 0.25) is 0 Å². The highest BCUT2D eigenvalue weighted by Crippen LogP contribution is 2.34. The molecule has 2 rings (SSSR count). The van der Waals surface area contributed by atoms with Crippen LogP contribution in [-0.2, 0) is 4.74 Å². The number of nitrogens with zero attached hydrogens (tertiary/aromatic N) is 1. The summed E-state index contributed by atoms with van der Waals surface area (Å²) in [5, 5.41) is 2.73. The van der Waals surface area contributed by atoms with Crippen LogP contribution in [0, 0.1) is 0 Å². The molecule has 1 unspecified atom stereocenters. The third kappa shape index (κ3) is 0.932. The summed E-state index contributed by atoms with van der Waals surface area (Å²) in [6.07, 6.45) is -0.282. The maximum Gasteiger partial charge on any atom is 0.408 e. The number of rotatable bonds is 0. The molecule has 0 saturated carbocycles. The Labute approximate surface area is 67.5 Å². The van der Waals surface area contributed by atoms with Crippen LogP contribution in [0.1, 0.15) is 6.92 Å². The van der Waals surface area contributed by atoms with Gasteiger partial charge in [-0.3, -0.25) is 4.67 Å². The zero-order valence-corrected chi connectivity index (χ0v) is 7.49. The van der Waals surface area contributed by atoms with Crippen molar-refractivity contribution in [1.29, 1.82) is 0 Å². The molecule has 0 radical (unpaired) electrons. The lowest BCUT2D eigenvalue weighted by molar-refractivity contribution is -0.0466. The van der Waals surface area contributed by atoms with Gasteiger partial charge in [-0.15, -0.1) is 0 Å². The zero-order chi connectivity index (χ0) is 8.06. The number of carbonyl (C=O) groups excluding carboxylic acids is 1. The Morgan fingerprint density at radius 2 is 2.45 bits per heavy atom. The van der Waals surface area contributed by atoms with E-state index in [1.165, 1.54) is 0 Å². The Hall–Kier alpha value is -0.340. The van der Waals surface area contributed by atoms with Crippen LogP contribution in [0.3, 0.4) is 0 Å². The number of amides is 1. The molecule has 2 aliphatic heterocycles. The van der Waals surface area contributed by atoms with Gasteiger partial charge in [0.2, 0.25) is 0 Å². The maximum atomic E-state index is 10.8. The van der Waals surface area contributed by atoms with E-state index in [-0.39, 0.29) is 17.7 Å². The monoisotopic (exact) mass is 174 g/mol. The van der Waals surface area contributed by atoms with Gasteiger partial charge in [0.05, 0.1) is 6.04 Å². The van der Waals surface area contributed by atoms with Crippen molar-refractivity contribution in [3.05, 3.63) is 0 Å². The van der Waals surface area contributed by atoms with E-state index in [0.29, 0.717) is 0 Å². The van der Waals surface area contributed by atoms with Gasteiger partial charge in [-0.1, -0.05) is 9.39 Å². The van der Waals surface area contributed by atoms with Gasteiger partial charge in [0, 0.05) is 13.1 Å². The number of alkyl carbamates (subject to hydrolysis) is 1. The van der Waals surface area contributed by atoms with Gasteiger partial charge in [0.15, 0.2) is 5.60 Å². The Kier molecular flexibility index (Phi) is 1.38. The zero-order valence-electron chi connectivity index (χ0n) is 6.33. The van der Waals surface area contributed by atoms with Crippen molar-refractivity contribution in [2.75, 3.05) is 13.1 Å². The molecule has 2 fully saturated rings. The maximum absolute atomic E-state index is 10.8. The van der Waals surface area contributed by atoms with E-state index < -0.39 is 0 Å². The third-order valence-corrected chi connectivity index (χ3v) is 2.73. The average molecular weight is 174 g/mol. The first-order valence-corrected chi connectivity index (χ1v) is 4.13. The summed E-state index contributed by atoms with van der Waals surface area (Å²) >= 11 is 0. The molecular weight excluding hydrogens is 163 g/mol. The van der Waals surface area contributed by atoms with Crippen LogP contribution in [0.25, 0.3) is 0 Å². The summed E-state index contributed by atoms with van der Waals surface area (Å²) in [6.45, 7) is 3.61. The van der Waals surface area contributed by atoms with Crippen LogP contribution < -0.4 is 5.32 Å². The molecule has 1 amide bonds. The van der Waals surface area contributed by atoms with Crippen molar-refractivity contribution in [2.24, 2.45) is 0 Å². The number of ether oxygens (including phenoxy) is 1. The van der Waals surface area contributed by atoms with E-state index in [0.717, 1.165) is 13.1 Å². The first-order valence-electron chi connectivity index (χ1n) is 3.61. The Morgan fingerprint density at radius 3 is 2.82 bits per heavy atom. The average Bonchev–Trinajstić information content (AvgIpc) is 2.06. The molecule has 2 atom stereocenters. The highest BCUT2D eigenvalue weighted by molar-refractivity contribution is 7.13. The van der Waals surface area contributed by atoms with E-state index in [9.17, 15) is 4.79 Å². The van der Waals surface area contributed by atoms with E-state index in [4.69, 9.17) is 4.74 Å². The first-order chi connectivity index (χ1) is 5.12. The van der Waals surface area contributed by atoms with Crippen molar-refractivity contribution in [1.82, 2.24) is 9.99 Å². The van der Waals surface area contributed by atoms with Gasteiger partial charge in [-0.2, -0.15) is 0 Å². The summed E-state index contributed by atoms with van der Waals surface area (Å²) in [4.78, 5) is 10.8. The Balaban J connectivity index is 2.10. The minimum atomic E-state index is -0.282. The fraction of sp³-hybridized carbons (Fsp3) is 0.833. The second kappa shape index (κ2) is 2.08. The fourth-order valence-corrected chi connectivity index (χ4v) is 2.21. The van der Waals surface area contributed by atoms with Crippen LogP contribution in [0.5, 0.6) is 0 Å². The number of carbonyl (C=O) groups is 1. The van der Waals surface area contributed by atoms with Crippen LogP contribution in [0.4, 0.5) is 4.79 Å². The lowest BCUT2D eigenvalue weighted by atomic mass is 9.90. The third-order valence-electron chi connectivity index (χ3n) is 2.36. The van der Waals surface area contributed by atoms with Crippen molar-refractivity contribution in [3.8, 4) is 0 Å². The summed E-state index contributed by atoms with van der Waals surface area (Å²) in [6, 6.07) is 0.145. The van der Waals surface area contributed by atoms with E-state index in [2.05, 4.69) is 19.4 Å². The molecule has 2 aliphatic rings. The fourth-order valence-electron chi connectivity index (χ4n) is 1.59. The van der Waals surface area contributed by atoms with Gasteiger partial charge in [-0.25, -0.2) is 4.79 Å². The minimum absolute atomic E-state index is 0.145. The van der Waals surface area contributed by atoms with Crippen LogP contribution in [0.15, 0.2) is 0 Å². The number of hydrogen-bond acceptors (Lipinski definition) is 3. The molecule has 0 aromatic rings. The predicted molar refractivity (Wildman–Crippen MR) is 43.1 cm³/mol. The molecule has 0 aliphatic carbocycles. The topological polar surface area (TPSA) is 41.6 Å². The van der Waals surface area contributed by atoms with Crippen molar-refractivity contribution in [2.45, 2.75) is 18.6 Å². The smallest absolute Gasteiger partial charge is 0.408 e. The normalized spacial score (nSPS) is 34.7. The second-order valence-electron chi connectivity index (χ2n) is 3.23. The highest BCUT2D eigenvalue weighted by atomic mass is 31.0. The number of nitrogens with one attached hydrogen (secondary N) is 1. The largest absolute Gasteiger partial charge is 0.438 e. The molecule has 5 heteroatoms. The summed E-state index contributed by atoms with van der Waals surface area (Å²) in [5.41, 5.74) is -0.237. The molecule has 4 nitrogen and oxygen atoms in total. The minimum Gasteiger partial charge on any atom is -0.438 e. The summed E-state index contributed by atoms with van der Waals surface area (Å²) in [5.74, 6) is 0. The van der Waals surface area contributed by atoms with Crippen molar-refractivity contribution >= 4 is 15.5 Å². The van der Waals surface area contributed by atoms with Crippen molar-refractivity contribution < 1.29 is 9.53 Å². The molecule has 11 heavy (non-hydrogen) atoms. The van der Waals surface area contributed by atoms with Gasteiger partial charge in [0.1, 0.15) is 0 Å². The van der Waals surface area contributed by atoms with Gasteiger partial charge in [0.25, 0.3) is 0 Å². The molecule has 0 aromatic carbocycles. The molecule has 0 aromatic heterocycles. The molecule has 2 saturated heterocycles. The molecule has 1 spiro atoms. The van der Waals surface area contributed by atoms with Crippen molar-refractivity contribution in [3.63, 3.8) is 0 Å². The SMILES string of the molecule is C[C@@H]1NC(=O)OC12CN(P)C2. The molecule has 2 heterocycles. The van der Waals surface area contributed by atoms with Gasteiger partial charge in [-0.05, 0) is 6.92 Å². The standard InChI is InChI=1S/C6H11N2O2P/c1-4-6(2-8(11)3-6)10-5(9)7-4/h4H,2-3,11H2,1H3,(H,7,9)/t4-/m0/s1. The number of hydrogen-bond donors (Lipinski definition) is 1.